The second-order valence-electron chi connectivity index (χ2n) is 3.70. The number of likely N-dealkylation sites (N-methyl/N-ethyl adjacent to an activating group) is 1. The Labute approximate surface area is 104 Å². The highest BCUT2D eigenvalue weighted by Gasteiger charge is 2.20. The number of alkyl carbamates (subject to hydrolysis) is 1. The number of hydrogen-bond donors (Lipinski definition) is 1. The number of nitrogens with zero attached hydrogens (tertiary/aromatic N) is 1. The van der Waals surface area contributed by atoms with Gasteiger partial charge in [0.2, 0.25) is 5.91 Å². The van der Waals surface area contributed by atoms with Crippen molar-refractivity contribution in [2.45, 2.75) is 19.5 Å². The summed E-state index contributed by atoms with van der Waals surface area (Å²) in [4.78, 5) is 24.4. The van der Waals surface area contributed by atoms with Crippen molar-refractivity contribution < 1.29 is 14.3 Å². The zero-order valence-electron chi connectivity index (χ0n) is 10.1. The van der Waals surface area contributed by atoms with E-state index in [4.69, 9.17) is 0 Å². The van der Waals surface area contributed by atoms with Crippen molar-refractivity contribution in [3.8, 4) is 0 Å². The van der Waals surface area contributed by atoms with Gasteiger partial charge in [0.05, 0.1) is 13.2 Å². The lowest BCUT2D eigenvalue weighted by Crippen LogP contribution is -2.45. The fourth-order valence-corrected chi connectivity index (χ4v) is 1.92. The molecule has 0 aliphatic carbocycles. The lowest BCUT2D eigenvalue weighted by molar-refractivity contribution is -0.124. The Bertz CT molecular complexity index is 378. The van der Waals surface area contributed by atoms with Crippen LogP contribution < -0.4 is 5.32 Å². The minimum absolute atomic E-state index is 0.366. The molecule has 1 heterocycles. The molecule has 1 aromatic heterocycles. The monoisotopic (exact) mass is 256 g/mol. The van der Waals surface area contributed by atoms with Crippen molar-refractivity contribution in [1.82, 2.24) is 10.2 Å². The zero-order chi connectivity index (χ0) is 12.8. The summed E-state index contributed by atoms with van der Waals surface area (Å²) in [5, 5.41) is 6.17. The number of carbonyl (C=O) groups excluding carboxylic acids is 2. The Morgan fingerprint density at radius 2 is 2.29 bits per heavy atom. The summed E-state index contributed by atoms with van der Waals surface area (Å²) >= 11 is 1.61. The number of ether oxygens (including phenoxy) is 1. The second-order valence-corrected chi connectivity index (χ2v) is 4.48. The molecule has 94 valence electrons. The molecule has 0 aromatic carbocycles. The second kappa shape index (κ2) is 6.36. The zero-order valence-corrected chi connectivity index (χ0v) is 10.9. The van der Waals surface area contributed by atoms with Crippen LogP contribution in [0.1, 0.15) is 12.5 Å². The van der Waals surface area contributed by atoms with Crippen molar-refractivity contribution in [2.24, 2.45) is 0 Å². The van der Waals surface area contributed by atoms with Gasteiger partial charge >= 0.3 is 6.09 Å². The predicted molar refractivity (Wildman–Crippen MR) is 65.8 cm³/mol. The quantitative estimate of drug-likeness (QED) is 0.886. The molecule has 0 fully saturated rings. The molecule has 0 saturated heterocycles. The number of nitrogens with one attached hydrogen (secondary N) is 1. The maximum Gasteiger partial charge on any atom is 0.413 e. The highest BCUT2D eigenvalue weighted by molar-refractivity contribution is 7.07. The van der Waals surface area contributed by atoms with Crippen molar-refractivity contribution in [3.05, 3.63) is 22.4 Å². The Balaban J connectivity index is 2.48. The van der Waals surface area contributed by atoms with E-state index in [0.717, 1.165) is 5.56 Å². The minimum atomic E-state index is -0.731. The molecule has 0 unspecified atom stereocenters. The van der Waals surface area contributed by atoms with Gasteiger partial charge in [-0.25, -0.2) is 4.79 Å². The Hall–Kier alpha value is -1.40. The summed E-state index contributed by atoms with van der Waals surface area (Å²) < 4.78 is 4.37. The number of rotatable bonds is 4. The van der Waals surface area contributed by atoms with Crippen molar-refractivity contribution in [2.75, 3.05) is 14.2 Å². The van der Waals surface area contributed by atoms with Crippen LogP contribution in [-0.4, -0.2) is 37.1 Å². The van der Waals surface area contributed by atoms with Crippen LogP contribution in [0.2, 0.25) is 0 Å². The molecule has 0 bridgehead atoms. The maximum atomic E-state index is 11.6. The molecular weight excluding hydrogens is 240 g/mol. The van der Waals surface area contributed by atoms with Crippen LogP contribution in [0.3, 0.4) is 0 Å². The first-order valence-electron chi connectivity index (χ1n) is 5.14. The van der Waals surface area contributed by atoms with Crippen molar-refractivity contribution >= 4 is 23.3 Å². The Morgan fingerprint density at radius 1 is 1.59 bits per heavy atom. The molecule has 0 saturated carbocycles. The molecule has 0 spiro atoms. The third-order valence-corrected chi connectivity index (χ3v) is 3.20. The van der Waals surface area contributed by atoms with E-state index < -0.39 is 12.1 Å². The van der Waals surface area contributed by atoms with Gasteiger partial charge in [0.1, 0.15) is 0 Å². The van der Waals surface area contributed by atoms with E-state index in [2.05, 4.69) is 10.1 Å². The van der Waals surface area contributed by atoms with E-state index in [-0.39, 0.29) is 5.91 Å². The topological polar surface area (TPSA) is 58.6 Å². The van der Waals surface area contributed by atoms with Crippen LogP contribution >= 0.6 is 11.3 Å². The number of amides is 2. The summed E-state index contributed by atoms with van der Waals surface area (Å²) in [6.07, 6.45) is -0.731. The smallest absolute Gasteiger partial charge is 0.413 e. The van der Waals surface area contributed by atoms with Crippen LogP contribution in [0, 0.1) is 0 Å². The van der Waals surface area contributed by atoms with E-state index in [0.29, 0.717) is 6.54 Å². The fourth-order valence-electron chi connectivity index (χ4n) is 1.26. The van der Waals surface area contributed by atoms with Gasteiger partial charge in [-0.3, -0.25) is 15.0 Å². The van der Waals surface area contributed by atoms with Crippen LogP contribution in [-0.2, 0) is 16.1 Å². The van der Waals surface area contributed by atoms with Crippen LogP contribution in [0.4, 0.5) is 4.79 Å². The molecule has 0 aliphatic rings. The molecule has 0 radical (unpaired) electrons. The fraction of sp³-hybridized carbons (Fsp3) is 0.455. The molecule has 17 heavy (non-hydrogen) atoms. The minimum Gasteiger partial charge on any atom is -0.453 e. The predicted octanol–water partition coefficient (Wildman–Crippen LogP) is 1.45. The summed E-state index contributed by atoms with van der Waals surface area (Å²) in [5.74, 6) is -0.366. The van der Waals surface area contributed by atoms with E-state index in [9.17, 15) is 9.59 Å². The average Bonchev–Trinajstić information content (AvgIpc) is 2.80. The third kappa shape index (κ3) is 4.16. The first-order chi connectivity index (χ1) is 8.04. The SMILES string of the molecule is COC(=O)NC(=O)[C@H](C)N(C)Cc1ccsc1. The Kier molecular flexibility index (Phi) is 5.11. The number of carbonyl (C=O) groups is 2. The molecule has 2 amide bonds. The first-order valence-corrected chi connectivity index (χ1v) is 6.09. The molecule has 0 aliphatic heterocycles. The van der Waals surface area contributed by atoms with Gasteiger partial charge in [0.15, 0.2) is 0 Å². The summed E-state index contributed by atoms with van der Waals surface area (Å²) in [6, 6.07) is 1.61. The number of methoxy groups -OCH3 is 1. The molecule has 1 atom stereocenters. The maximum absolute atomic E-state index is 11.6. The van der Waals surface area contributed by atoms with Gasteiger partial charge in [0, 0.05) is 6.54 Å². The highest BCUT2D eigenvalue weighted by Crippen LogP contribution is 2.10. The lowest BCUT2D eigenvalue weighted by atomic mass is 10.2. The van der Waals surface area contributed by atoms with Crippen molar-refractivity contribution in [3.63, 3.8) is 0 Å². The molecule has 1 aromatic rings. The standard InChI is InChI=1S/C11H16N2O3S/c1-8(10(14)12-11(15)16-3)13(2)6-9-4-5-17-7-9/h4-5,7-8H,6H2,1-3H3,(H,12,14,15)/t8-/m0/s1. The number of hydrogen-bond acceptors (Lipinski definition) is 5. The first kappa shape index (κ1) is 13.7. The van der Waals surface area contributed by atoms with Gasteiger partial charge in [-0.2, -0.15) is 11.3 Å². The molecule has 5 nitrogen and oxygen atoms in total. The Morgan fingerprint density at radius 3 is 2.82 bits per heavy atom. The van der Waals surface area contributed by atoms with Gasteiger partial charge < -0.3 is 4.74 Å². The van der Waals surface area contributed by atoms with E-state index in [1.807, 2.05) is 28.8 Å². The summed E-state index contributed by atoms with van der Waals surface area (Å²) in [5.41, 5.74) is 1.15. The molecular formula is C11H16N2O3S. The van der Waals surface area contributed by atoms with E-state index in [1.54, 1.807) is 18.3 Å². The van der Waals surface area contributed by atoms with Crippen LogP contribution in [0.25, 0.3) is 0 Å². The van der Waals surface area contributed by atoms with Crippen LogP contribution in [0.5, 0.6) is 0 Å². The number of thiophene rings is 1. The summed E-state index contributed by atoms with van der Waals surface area (Å²) in [6.45, 7) is 2.41. The van der Waals surface area contributed by atoms with Gasteiger partial charge in [-0.1, -0.05) is 0 Å². The third-order valence-electron chi connectivity index (χ3n) is 2.46. The molecule has 1 N–H and O–H groups in total. The largest absolute Gasteiger partial charge is 0.453 e. The summed E-state index contributed by atoms with van der Waals surface area (Å²) in [7, 11) is 3.06. The van der Waals surface area contributed by atoms with Gasteiger partial charge in [-0.15, -0.1) is 0 Å². The van der Waals surface area contributed by atoms with Crippen molar-refractivity contribution in [1.29, 1.82) is 0 Å². The van der Waals surface area contributed by atoms with Gasteiger partial charge in [-0.05, 0) is 36.4 Å². The van der Waals surface area contributed by atoms with E-state index in [1.165, 1.54) is 7.11 Å². The normalized spacial score (nSPS) is 12.2. The van der Waals surface area contributed by atoms with Gasteiger partial charge in [0.25, 0.3) is 0 Å². The molecule has 6 heteroatoms. The molecule has 1 rings (SSSR count). The average molecular weight is 256 g/mol. The lowest BCUT2D eigenvalue weighted by Gasteiger charge is -2.22. The van der Waals surface area contributed by atoms with E-state index >= 15 is 0 Å². The number of imide groups is 1. The van der Waals surface area contributed by atoms with Crippen LogP contribution in [0.15, 0.2) is 16.8 Å². The highest BCUT2D eigenvalue weighted by atomic mass is 32.1.